The first kappa shape index (κ1) is 60.0. The minimum absolute atomic E-state index is 0.0261. The summed E-state index contributed by atoms with van der Waals surface area (Å²) in [5.74, 6) is -0.332. The molecule has 61 heavy (non-hydrogen) atoms. The van der Waals surface area contributed by atoms with Crippen LogP contribution in [0.25, 0.3) is 0 Å². The molecule has 0 radical (unpaired) electrons. The summed E-state index contributed by atoms with van der Waals surface area (Å²) in [5, 5.41) is 0. The molecule has 0 aromatic heterocycles. The molecule has 0 bridgehead atoms. The molecule has 2 unspecified atom stereocenters. The lowest BCUT2D eigenvalue weighted by Crippen LogP contribution is -2.37. The quantitative estimate of drug-likeness (QED) is 0.0197. The number of hydrogen-bond donors (Lipinski definition) is 0. The maximum atomic E-state index is 12.7. The van der Waals surface area contributed by atoms with Crippen molar-refractivity contribution >= 4 is 13.8 Å². The Labute approximate surface area is 379 Å². The van der Waals surface area contributed by atoms with Gasteiger partial charge >= 0.3 is 5.97 Å². The van der Waals surface area contributed by atoms with Gasteiger partial charge in [0.1, 0.15) is 19.3 Å². The fourth-order valence-electron chi connectivity index (χ4n) is 7.45. The van der Waals surface area contributed by atoms with E-state index in [2.05, 4.69) is 38.2 Å². The van der Waals surface area contributed by atoms with Crippen LogP contribution in [0.1, 0.15) is 245 Å². The number of phosphoric ester groups is 1. The lowest BCUT2D eigenvalue weighted by atomic mass is 10.0. The summed E-state index contributed by atoms with van der Waals surface area (Å²) in [6.07, 6.45) is 53.5. The highest BCUT2D eigenvalue weighted by Gasteiger charge is 2.20. The van der Waals surface area contributed by atoms with E-state index in [1.54, 1.807) is 0 Å². The summed E-state index contributed by atoms with van der Waals surface area (Å²) in [4.78, 5) is 25.2. The van der Waals surface area contributed by atoms with Crippen LogP contribution in [0, 0.1) is 0 Å². The van der Waals surface area contributed by atoms with Crippen molar-refractivity contribution in [3.8, 4) is 0 Å². The van der Waals surface area contributed by atoms with Gasteiger partial charge < -0.3 is 27.9 Å². The molecule has 0 amide bonds. The smallest absolute Gasteiger partial charge is 0.306 e. The number of ether oxygens (including phenoxy) is 2. The number of carbonyl (C=O) groups is 1. The molecule has 0 fully saturated rings. The highest BCUT2D eigenvalue weighted by Crippen LogP contribution is 2.38. The Morgan fingerprint density at radius 2 is 0.918 bits per heavy atom. The summed E-state index contributed by atoms with van der Waals surface area (Å²) in [6, 6.07) is 0. The number of hydrogen-bond acceptors (Lipinski definition) is 7. The number of quaternary nitrogens is 1. The predicted octanol–water partition coefficient (Wildman–Crippen LogP) is 15.3. The number of allylic oxidation sites excluding steroid dienone is 4. The zero-order valence-electron chi connectivity index (χ0n) is 41.1. The van der Waals surface area contributed by atoms with Crippen LogP contribution >= 0.6 is 7.82 Å². The van der Waals surface area contributed by atoms with E-state index in [9.17, 15) is 14.3 Å². The van der Waals surface area contributed by atoms with Crippen molar-refractivity contribution in [2.75, 3.05) is 54.1 Å². The van der Waals surface area contributed by atoms with Crippen LogP contribution in [0.5, 0.6) is 0 Å². The minimum atomic E-state index is -4.53. The van der Waals surface area contributed by atoms with E-state index in [0.717, 1.165) is 44.9 Å². The molecule has 0 aliphatic heterocycles. The monoisotopic (exact) mass is 884 g/mol. The summed E-state index contributed by atoms with van der Waals surface area (Å²) in [6.45, 7) is 5.40. The van der Waals surface area contributed by atoms with E-state index in [4.69, 9.17) is 18.5 Å². The number of carbonyl (C=O) groups excluding carboxylic acids is 1. The molecule has 8 nitrogen and oxygen atoms in total. The number of unbranched alkanes of at least 4 members (excludes halogenated alkanes) is 31. The molecule has 0 saturated carbocycles. The maximum absolute atomic E-state index is 12.7. The van der Waals surface area contributed by atoms with Gasteiger partial charge in [0.15, 0.2) is 0 Å². The van der Waals surface area contributed by atoms with Crippen molar-refractivity contribution in [3.05, 3.63) is 24.3 Å². The number of nitrogens with zero attached hydrogens (tertiary/aromatic N) is 1. The van der Waals surface area contributed by atoms with Crippen LogP contribution in [-0.4, -0.2) is 70.7 Å². The van der Waals surface area contributed by atoms with Gasteiger partial charge in [0, 0.05) is 13.0 Å². The Balaban J connectivity index is 4.06. The maximum Gasteiger partial charge on any atom is 0.306 e. The third-order valence-corrected chi connectivity index (χ3v) is 12.5. The number of likely N-dealkylation sites (N-methyl/N-ethyl adjacent to an activating group) is 1. The second-order valence-electron chi connectivity index (χ2n) is 18.9. The van der Waals surface area contributed by atoms with Gasteiger partial charge in [0.05, 0.1) is 34.4 Å². The van der Waals surface area contributed by atoms with Crippen LogP contribution in [0.4, 0.5) is 0 Å². The van der Waals surface area contributed by atoms with Gasteiger partial charge in [0.25, 0.3) is 7.82 Å². The summed E-state index contributed by atoms with van der Waals surface area (Å²) < 4.78 is 34.7. The third-order valence-electron chi connectivity index (χ3n) is 11.5. The van der Waals surface area contributed by atoms with E-state index >= 15 is 0 Å². The number of phosphoric acid groups is 1. The second-order valence-corrected chi connectivity index (χ2v) is 20.3. The van der Waals surface area contributed by atoms with Gasteiger partial charge in [-0.05, 0) is 38.5 Å². The van der Waals surface area contributed by atoms with E-state index in [0.29, 0.717) is 24.1 Å². The Hall–Kier alpha value is -1.02. The lowest BCUT2D eigenvalue weighted by Gasteiger charge is -2.28. The SMILES string of the molecule is CCCC/C=C\C/C=C\CCCCCCCCOCC(COP(=O)([O-])OCC[N+](C)(C)C)OC(=O)CCCCCCCCCCCCCCCCCCCCCCCCCC. The zero-order valence-corrected chi connectivity index (χ0v) is 42.0. The van der Waals surface area contributed by atoms with E-state index < -0.39 is 13.9 Å². The molecule has 362 valence electrons. The Kier molecular flexibility index (Phi) is 44.8. The third kappa shape index (κ3) is 49.8. The molecule has 0 spiro atoms. The summed E-state index contributed by atoms with van der Waals surface area (Å²) in [7, 11) is 1.36. The Morgan fingerprint density at radius 3 is 1.38 bits per heavy atom. The second kappa shape index (κ2) is 45.5. The van der Waals surface area contributed by atoms with Gasteiger partial charge in [-0.15, -0.1) is 0 Å². The molecule has 0 rings (SSSR count). The normalized spacial score (nSPS) is 13.7. The largest absolute Gasteiger partial charge is 0.756 e. The minimum Gasteiger partial charge on any atom is -0.756 e. The molecule has 0 aliphatic carbocycles. The molecule has 0 aliphatic rings. The average Bonchev–Trinajstić information content (AvgIpc) is 3.22. The molecule has 2 atom stereocenters. The van der Waals surface area contributed by atoms with E-state index in [1.807, 2.05) is 21.1 Å². The molecule has 0 N–H and O–H groups in total. The van der Waals surface area contributed by atoms with Gasteiger partial charge in [-0.25, -0.2) is 0 Å². The summed E-state index contributed by atoms with van der Waals surface area (Å²) in [5.41, 5.74) is 0. The fourth-order valence-corrected chi connectivity index (χ4v) is 8.18. The van der Waals surface area contributed by atoms with Crippen molar-refractivity contribution in [1.29, 1.82) is 0 Å². The van der Waals surface area contributed by atoms with Gasteiger partial charge in [-0.1, -0.05) is 224 Å². The standard InChI is InChI=1S/C52H102NO7P/c1-6-8-10-12-14-16-18-20-22-23-24-25-26-27-28-29-30-31-33-35-37-39-41-43-45-52(54)60-51(50-59-61(55,56)58-48-46-53(3,4)5)49-57-47-44-42-40-38-36-34-32-21-19-17-15-13-11-9-7-2/h13,15,19,21,51H,6-12,14,16-18,20,22-50H2,1-5H3/b15-13-,21-19-. The van der Waals surface area contributed by atoms with Crippen molar-refractivity contribution < 1.29 is 37.3 Å². The molecule has 0 aromatic rings. The fraction of sp³-hybridized carbons (Fsp3) is 0.904. The zero-order chi connectivity index (χ0) is 44.8. The molecular weight excluding hydrogens is 782 g/mol. The lowest BCUT2D eigenvalue weighted by molar-refractivity contribution is -0.870. The van der Waals surface area contributed by atoms with Gasteiger partial charge in [-0.2, -0.15) is 0 Å². The van der Waals surface area contributed by atoms with Crippen LogP contribution in [0.3, 0.4) is 0 Å². The van der Waals surface area contributed by atoms with Crippen molar-refractivity contribution in [2.24, 2.45) is 0 Å². The van der Waals surface area contributed by atoms with Crippen LogP contribution in [0.15, 0.2) is 24.3 Å². The van der Waals surface area contributed by atoms with Crippen LogP contribution in [-0.2, 0) is 27.9 Å². The Morgan fingerprint density at radius 1 is 0.508 bits per heavy atom. The van der Waals surface area contributed by atoms with Gasteiger partial charge in [0.2, 0.25) is 0 Å². The van der Waals surface area contributed by atoms with Crippen molar-refractivity contribution in [3.63, 3.8) is 0 Å². The summed E-state index contributed by atoms with van der Waals surface area (Å²) >= 11 is 0. The highest BCUT2D eigenvalue weighted by molar-refractivity contribution is 7.45. The topological polar surface area (TPSA) is 94.1 Å². The number of rotatable bonds is 49. The first-order valence-corrected chi connectivity index (χ1v) is 27.5. The van der Waals surface area contributed by atoms with E-state index in [1.165, 1.54) is 180 Å². The Bertz CT molecular complexity index is 1030. The molecule has 0 aromatic carbocycles. The van der Waals surface area contributed by atoms with Crippen LogP contribution in [0.2, 0.25) is 0 Å². The molecule has 0 heterocycles. The predicted molar refractivity (Wildman–Crippen MR) is 259 cm³/mol. The van der Waals surface area contributed by atoms with Crippen LogP contribution < -0.4 is 4.89 Å². The molecule has 0 saturated heterocycles. The first-order chi connectivity index (χ1) is 29.6. The number of esters is 1. The average molecular weight is 884 g/mol. The first-order valence-electron chi connectivity index (χ1n) is 26.1. The van der Waals surface area contributed by atoms with Gasteiger partial charge in [-0.3, -0.25) is 9.36 Å². The van der Waals surface area contributed by atoms with E-state index in [-0.39, 0.29) is 25.8 Å². The molecular formula is C52H102NO7P. The van der Waals surface area contributed by atoms with Crippen molar-refractivity contribution in [1.82, 2.24) is 0 Å². The van der Waals surface area contributed by atoms with Crippen molar-refractivity contribution in [2.45, 2.75) is 251 Å². The highest BCUT2D eigenvalue weighted by atomic mass is 31.2. The molecule has 9 heteroatoms.